The molecule has 0 unspecified atom stereocenters. The quantitative estimate of drug-likeness (QED) is 0.173. The van der Waals surface area contributed by atoms with Crippen LogP contribution in [0.5, 0.6) is 0 Å². The van der Waals surface area contributed by atoms with Crippen LogP contribution in [0.4, 0.5) is 0 Å². The Balaban J connectivity index is 0.950. The summed E-state index contributed by atoms with van der Waals surface area (Å²) in [5.41, 5.74) is 11.1. The van der Waals surface area contributed by atoms with Gasteiger partial charge in [0.1, 0.15) is 11.2 Å². The Labute approximate surface area is 417 Å². The normalized spacial score (nSPS) is 12.1. The highest BCUT2D eigenvalue weighted by molar-refractivity contribution is 6.25. The smallest absolute Gasteiger partial charge is 0.164 e. The minimum atomic E-state index is 0.590. The van der Waals surface area contributed by atoms with Crippen molar-refractivity contribution in [3.05, 3.63) is 237 Å². The summed E-state index contributed by atoms with van der Waals surface area (Å²) < 4.78 is 11.7. The van der Waals surface area contributed by atoms with E-state index in [4.69, 9.17) is 19.4 Å². The van der Waals surface area contributed by atoms with Gasteiger partial charge in [-0.2, -0.15) is 0 Å². The van der Waals surface area contributed by atoms with Crippen LogP contribution in [0, 0.1) is 0 Å². The first-order valence-corrected chi connectivity index (χ1v) is 24.8. The van der Waals surface area contributed by atoms with Crippen molar-refractivity contribution in [2.75, 3.05) is 0 Å². The number of nitrogens with zero attached hydrogens (tertiary/aromatic N) is 5. The van der Waals surface area contributed by atoms with Crippen molar-refractivity contribution in [3.63, 3.8) is 0 Å². The average Bonchev–Trinajstić information content (AvgIpc) is 4.14. The zero-order valence-corrected chi connectivity index (χ0v) is 39.2. The van der Waals surface area contributed by atoms with Crippen LogP contribution in [0.25, 0.3) is 154 Å². The third-order valence-corrected chi connectivity index (χ3v) is 15.1. The Morgan fingerprint density at radius 1 is 0.301 bits per heavy atom. The van der Waals surface area contributed by atoms with E-state index in [1.54, 1.807) is 0 Å². The molecule has 12 aromatic carbocycles. The summed E-state index contributed by atoms with van der Waals surface area (Å²) in [5.74, 6) is 1.81. The minimum absolute atomic E-state index is 0.590. The number of furan rings is 1. The van der Waals surface area contributed by atoms with Gasteiger partial charge in [-0.25, -0.2) is 15.0 Å². The van der Waals surface area contributed by atoms with Crippen LogP contribution in [0.3, 0.4) is 0 Å². The van der Waals surface area contributed by atoms with Gasteiger partial charge >= 0.3 is 0 Å². The highest BCUT2D eigenvalue weighted by atomic mass is 16.3. The fourth-order valence-electron chi connectivity index (χ4n) is 11.8. The second-order valence-corrected chi connectivity index (χ2v) is 19.1. The van der Waals surface area contributed by atoms with E-state index >= 15 is 0 Å². The van der Waals surface area contributed by atoms with Gasteiger partial charge in [0.2, 0.25) is 0 Å². The van der Waals surface area contributed by atoms with E-state index in [9.17, 15) is 0 Å². The number of aromatic nitrogens is 5. The second-order valence-electron chi connectivity index (χ2n) is 19.1. The summed E-state index contributed by atoms with van der Waals surface area (Å²) >= 11 is 0. The molecule has 338 valence electrons. The lowest BCUT2D eigenvalue weighted by molar-refractivity contribution is 0.669. The number of rotatable bonds is 5. The SMILES string of the molecule is c1ccc(-n2c3ccccc3c3cc(-c4nc(-c5ccc6ccc7oc8cccc(-n9c%10cc%11ccccc%11cc%10c%10ccc%11ccccc%11c%109)c8c7c6c5)nc(-c5cccc6ccccc56)n4)ccc32)cc1. The number of benzene rings is 12. The summed E-state index contributed by atoms with van der Waals surface area (Å²) in [7, 11) is 0. The van der Waals surface area contributed by atoms with Crippen LogP contribution in [0.2, 0.25) is 0 Å². The minimum Gasteiger partial charge on any atom is -0.456 e. The highest BCUT2D eigenvalue weighted by Crippen LogP contribution is 2.45. The van der Waals surface area contributed by atoms with Crippen LogP contribution in [0.1, 0.15) is 0 Å². The van der Waals surface area contributed by atoms with Crippen LogP contribution < -0.4 is 0 Å². The summed E-state index contributed by atoms with van der Waals surface area (Å²) in [6.07, 6.45) is 0. The fraction of sp³-hybridized carbons (Fsp3) is 0. The molecule has 0 bridgehead atoms. The molecule has 0 spiro atoms. The number of hydrogen-bond donors (Lipinski definition) is 0. The van der Waals surface area contributed by atoms with E-state index in [2.05, 4.69) is 246 Å². The molecule has 4 aromatic heterocycles. The van der Waals surface area contributed by atoms with Crippen LogP contribution in [-0.4, -0.2) is 24.1 Å². The van der Waals surface area contributed by atoms with Gasteiger partial charge in [-0.05, 0) is 110 Å². The predicted molar refractivity (Wildman–Crippen MR) is 302 cm³/mol. The standard InChI is InChI=1S/C67H39N5O/c1-2-19-47(20-3-1)71-56-25-11-10-23-50(56)54-38-46(31-34-57(54)71)66-68-65(69-67(70-66)52-24-12-18-40-14-6-8-21-48(40)52)45-29-28-42-32-35-61-62(53(42)37-45)63-58(26-13-27-60(63)73-61)72-59-39-44-17-5-4-16-43(44)36-55(59)51-33-30-41-15-7-9-22-49(41)64(51)72/h1-39H. The third-order valence-electron chi connectivity index (χ3n) is 15.1. The summed E-state index contributed by atoms with van der Waals surface area (Å²) in [6, 6.07) is 84.5. The molecule has 16 rings (SSSR count). The molecule has 6 nitrogen and oxygen atoms in total. The first-order valence-electron chi connectivity index (χ1n) is 24.8. The van der Waals surface area contributed by atoms with E-state index < -0.39 is 0 Å². The van der Waals surface area contributed by atoms with Gasteiger partial charge in [0.05, 0.1) is 33.1 Å². The molecule has 73 heavy (non-hydrogen) atoms. The second kappa shape index (κ2) is 15.3. The van der Waals surface area contributed by atoms with Crippen LogP contribution >= 0.6 is 0 Å². The van der Waals surface area contributed by atoms with Crippen molar-refractivity contribution in [3.8, 4) is 45.5 Å². The van der Waals surface area contributed by atoms with E-state index in [1.165, 1.54) is 43.2 Å². The summed E-state index contributed by atoms with van der Waals surface area (Å²) in [5, 5.41) is 16.0. The largest absolute Gasteiger partial charge is 0.456 e. The van der Waals surface area contributed by atoms with Gasteiger partial charge in [-0.3, -0.25) is 0 Å². The van der Waals surface area contributed by atoms with Crippen molar-refractivity contribution in [1.82, 2.24) is 24.1 Å². The molecular weight excluding hydrogens is 891 g/mol. The van der Waals surface area contributed by atoms with E-state index in [0.717, 1.165) is 93.5 Å². The molecule has 0 saturated carbocycles. The van der Waals surface area contributed by atoms with E-state index in [0.29, 0.717) is 17.5 Å². The maximum Gasteiger partial charge on any atom is 0.164 e. The Hall–Kier alpha value is -9.91. The Bertz CT molecular complexity index is 4980. The Morgan fingerprint density at radius 3 is 1.71 bits per heavy atom. The van der Waals surface area contributed by atoms with Crippen LogP contribution in [-0.2, 0) is 0 Å². The van der Waals surface area contributed by atoms with Crippen LogP contribution in [0.15, 0.2) is 241 Å². The van der Waals surface area contributed by atoms with Gasteiger partial charge in [0, 0.05) is 54.7 Å². The third kappa shape index (κ3) is 5.95. The molecule has 0 atom stereocenters. The highest BCUT2D eigenvalue weighted by Gasteiger charge is 2.23. The number of para-hydroxylation sites is 2. The lowest BCUT2D eigenvalue weighted by Crippen LogP contribution is -2.01. The monoisotopic (exact) mass is 929 g/mol. The maximum atomic E-state index is 6.86. The first kappa shape index (κ1) is 39.9. The molecule has 6 heteroatoms. The zero-order valence-electron chi connectivity index (χ0n) is 39.2. The van der Waals surface area contributed by atoms with Gasteiger partial charge in [0.15, 0.2) is 17.5 Å². The molecule has 16 aromatic rings. The first-order chi connectivity index (χ1) is 36.2. The molecular formula is C67H39N5O. The maximum absolute atomic E-state index is 6.86. The van der Waals surface area contributed by atoms with E-state index in [-0.39, 0.29) is 0 Å². The molecule has 0 saturated heterocycles. The molecule has 0 N–H and O–H groups in total. The fourth-order valence-corrected chi connectivity index (χ4v) is 11.8. The molecule has 0 aliphatic heterocycles. The van der Waals surface area contributed by atoms with Gasteiger partial charge in [-0.15, -0.1) is 0 Å². The van der Waals surface area contributed by atoms with Crippen molar-refractivity contribution in [1.29, 1.82) is 0 Å². The summed E-state index contributed by atoms with van der Waals surface area (Å²) in [4.78, 5) is 16.1. The average molecular weight is 930 g/mol. The molecule has 4 heterocycles. The number of hydrogen-bond acceptors (Lipinski definition) is 4. The van der Waals surface area contributed by atoms with Gasteiger partial charge < -0.3 is 13.6 Å². The lowest BCUT2D eigenvalue weighted by Gasteiger charge is -2.13. The zero-order chi connectivity index (χ0) is 47.7. The predicted octanol–water partition coefficient (Wildman–Crippen LogP) is 17.6. The Kier molecular flexibility index (Phi) is 8.36. The summed E-state index contributed by atoms with van der Waals surface area (Å²) in [6.45, 7) is 0. The molecule has 0 amide bonds. The Morgan fingerprint density at radius 2 is 0.877 bits per heavy atom. The van der Waals surface area contributed by atoms with Gasteiger partial charge in [-0.1, -0.05) is 164 Å². The van der Waals surface area contributed by atoms with Crippen molar-refractivity contribution in [2.45, 2.75) is 0 Å². The van der Waals surface area contributed by atoms with Gasteiger partial charge in [0.25, 0.3) is 0 Å². The molecule has 0 fully saturated rings. The molecule has 0 aliphatic carbocycles. The number of fused-ring (bicyclic) bond motifs is 15. The van der Waals surface area contributed by atoms with Crippen molar-refractivity contribution in [2.24, 2.45) is 0 Å². The van der Waals surface area contributed by atoms with Crippen molar-refractivity contribution >= 4 is 109 Å². The molecule has 0 aliphatic rings. The molecule has 0 radical (unpaired) electrons. The van der Waals surface area contributed by atoms with E-state index in [1.807, 2.05) is 0 Å². The topological polar surface area (TPSA) is 61.7 Å². The lowest BCUT2D eigenvalue weighted by atomic mass is 10.00. The van der Waals surface area contributed by atoms with Crippen molar-refractivity contribution < 1.29 is 4.42 Å².